The lowest BCUT2D eigenvalue weighted by Gasteiger charge is -2.11. The molecule has 0 spiro atoms. The van der Waals surface area contributed by atoms with Crippen molar-refractivity contribution >= 4 is 10.9 Å². The number of hydrogen-bond donors (Lipinski definition) is 1. The van der Waals surface area contributed by atoms with Gasteiger partial charge in [0, 0.05) is 16.5 Å². The maximum Gasteiger partial charge on any atom is 0.129 e. The van der Waals surface area contributed by atoms with Crippen LogP contribution in [-0.4, -0.2) is 4.98 Å². The number of fused-ring (bicyclic) bond motifs is 1. The normalized spacial score (nSPS) is 10.6. The highest BCUT2D eigenvalue weighted by atomic mass is 16.5. The summed E-state index contributed by atoms with van der Waals surface area (Å²) >= 11 is 0. The van der Waals surface area contributed by atoms with E-state index < -0.39 is 0 Å². The van der Waals surface area contributed by atoms with Crippen LogP contribution in [0.2, 0.25) is 0 Å². The molecule has 0 aliphatic carbocycles. The maximum absolute atomic E-state index is 10.0. The van der Waals surface area contributed by atoms with Crippen LogP contribution in [-0.2, 0) is 13.2 Å². The Bertz CT molecular complexity index is 1420. The van der Waals surface area contributed by atoms with Crippen molar-refractivity contribution in [2.75, 3.05) is 0 Å². The lowest BCUT2D eigenvalue weighted by atomic mass is 10.1. The van der Waals surface area contributed by atoms with Crippen LogP contribution in [0.5, 0.6) is 11.5 Å². The van der Waals surface area contributed by atoms with Crippen molar-refractivity contribution in [2.24, 2.45) is 0 Å². The van der Waals surface area contributed by atoms with E-state index in [1.165, 1.54) is 0 Å². The Morgan fingerprint density at radius 2 is 1.33 bits per heavy atom. The number of rotatable bonds is 7. The molecule has 1 heterocycles. The van der Waals surface area contributed by atoms with E-state index in [4.69, 9.17) is 9.47 Å². The maximum atomic E-state index is 10.0. The van der Waals surface area contributed by atoms with Crippen molar-refractivity contribution in [3.05, 3.63) is 120 Å². The van der Waals surface area contributed by atoms with Gasteiger partial charge in [0.25, 0.3) is 0 Å². The average molecular weight is 431 g/mol. The van der Waals surface area contributed by atoms with E-state index in [2.05, 4.69) is 11.1 Å². The number of nitrogens with zero attached hydrogens (tertiary/aromatic N) is 1. The summed E-state index contributed by atoms with van der Waals surface area (Å²) in [6.45, 7) is 0.930. The van der Waals surface area contributed by atoms with E-state index in [9.17, 15) is 5.26 Å². The van der Waals surface area contributed by atoms with Gasteiger partial charge in [0.2, 0.25) is 0 Å². The average Bonchev–Trinajstić information content (AvgIpc) is 3.25. The van der Waals surface area contributed by atoms with Crippen LogP contribution in [0.15, 0.2) is 103 Å². The van der Waals surface area contributed by atoms with Crippen LogP contribution in [0.1, 0.15) is 16.7 Å². The first-order chi connectivity index (χ1) is 16.3. The number of hydrogen-bond acceptors (Lipinski definition) is 3. The first-order valence-electron chi connectivity index (χ1n) is 10.8. The first-order valence-corrected chi connectivity index (χ1v) is 10.8. The minimum Gasteiger partial charge on any atom is -0.489 e. The van der Waals surface area contributed by atoms with E-state index in [-0.39, 0.29) is 0 Å². The van der Waals surface area contributed by atoms with Gasteiger partial charge in [-0.05, 0) is 41.5 Å². The Hall–Kier alpha value is -4.49. The number of aromatic nitrogens is 1. The van der Waals surface area contributed by atoms with Gasteiger partial charge in [-0.2, -0.15) is 5.26 Å². The van der Waals surface area contributed by atoms with Gasteiger partial charge in [0.1, 0.15) is 30.8 Å². The van der Waals surface area contributed by atoms with Crippen molar-refractivity contribution in [2.45, 2.75) is 13.2 Å². The number of aromatic amines is 1. The molecule has 0 fully saturated rings. The standard InChI is InChI=1S/C29H22N2O2/c30-18-26-25-17-23(32-19-21-9-3-1-4-10-21)15-16-27(25)31-29(26)24-13-7-8-14-28(24)33-20-22-11-5-2-6-12-22/h1-17,31H,19-20H2. The zero-order valence-corrected chi connectivity index (χ0v) is 18.0. The molecule has 0 atom stereocenters. The fourth-order valence-corrected chi connectivity index (χ4v) is 3.85. The highest BCUT2D eigenvalue weighted by Crippen LogP contribution is 2.37. The van der Waals surface area contributed by atoms with Crippen LogP contribution in [0.25, 0.3) is 22.2 Å². The molecular weight excluding hydrogens is 408 g/mol. The van der Waals surface area contributed by atoms with Gasteiger partial charge in [0.15, 0.2) is 0 Å². The first kappa shape index (κ1) is 20.4. The summed E-state index contributed by atoms with van der Waals surface area (Å²) in [6.07, 6.45) is 0. The zero-order valence-electron chi connectivity index (χ0n) is 18.0. The third-order valence-electron chi connectivity index (χ3n) is 5.52. The van der Waals surface area contributed by atoms with E-state index in [1.54, 1.807) is 0 Å². The third kappa shape index (κ3) is 4.44. The van der Waals surface area contributed by atoms with Crippen LogP contribution in [0.3, 0.4) is 0 Å². The van der Waals surface area contributed by atoms with Gasteiger partial charge in [-0.15, -0.1) is 0 Å². The van der Waals surface area contributed by atoms with Crippen molar-refractivity contribution in [3.8, 4) is 28.8 Å². The van der Waals surface area contributed by atoms with E-state index in [0.29, 0.717) is 18.8 Å². The molecule has 33 heavy (non-hydrogen) atoms. The molecule has 1 aromatic heterocycles. The fraction of sp³-hybridized carbons (Fsp3) is 0.0690. The Balaban J connectivity index is 1.46. The Labute approximate surface area is 192 Å². The predicted molar refractivity (Wildman–Crippen MR) is 130 cm³/mol. The summed E-state index contributed by atoms with van der Waals surface area (Å²) in [6, 6.07) is 36.0. The highest BCUT2D eigenvalue weighted by molar-refractivity contribution is 5.95. The van der Waals surface area contributed by atoms with E-state index in [1.807, 2.05) is 103 Å². The van der Waals surface area contributed by atoms with Gasteiger partial charge in [0.05, 0.1) is 11.3 Å². The second kappa shape index (κ2) is 9.33. The molecule has 160 valence electrons. The molecule has 0 unspecified atom stereocenters. The minimum atomic E-state index is 0.456. The van der Waals surface area contributed by atoms with Crippen molar-refractivity contribution in [3.63, 3.8) is 0 Å². The fourth-order valence-electron chi connectivity index (χ4n) is 3.85. The van der Waals surface area contributed by atoms with Crippen LogP contribution >= 0.6 is 0 Å². The van der Waals surface area contributed by atoms with Crippen molar-refractivity contribution < 1.29 is 9.47 Å². The Kier molecular flexibility index (Phi) is 5.77. The number of nitriles is 1. The largest absolute Gasteiger partial charge is 0.489 e. The SMILES string of the molecule is N#Cc1c(-c2ccccc2OCc2ccccc2)[nH]c2ccc(OCc3ccccc3)cc12. The second-order valence-corrected chi connectivity index (χ2v) is 7.74. The minimum absolute atomic E-state index is 0.456. The molecule has 4 aromatic carbocycles. The van der Waals surface area contributed by atoms with Crippen molar-refractivity contribution in [1.29, 1.82) is 5.26 Å². The van der Waals surface area contributed by atoms with Gasteiger partial charge < -0.3 is 14.5 Å². The van der Waals surface area contributed by atoms with Crippen LogP contribution < -0.4 is 9.47 Å². The summed E-state index contributed by atoms with van der Waals surface area (Å²) in [4.78, 5) is 3.41. The van der Waals surface area contributed by atoms with Gasteiger partial charge in [-0.25, -0.2) is 0 Å². The summed E-state index contributed by atoms with van der Waals surface area (Å²) in [5.41, 5.74) is 5.24. The second-order valence-electron chi connectivity index (χ2n) is 7.74. The summed E-state index contributed by atoms with van der Waals surface area (Å²) < 4.78 is 12.1. The number of ether oxygens (including phenoxy) is 2. The molecule has 4 nitrogen and oxygen atoms in total. The third-order valence-corrected chi connectivity index (χ3v) is 5.52. The molecule has 0 radical (unpaired) electrons. The summed E-state index contributed by atoms with van der Waals surface area (Å²) in [5.74, 6) is 1.45. The topological polar surface area (TPSA) is 58.0 Å². The van der Waals surface area contributed by atoms with Crippen LogP contribution in [0, 0.1) is 11.3 Å². The molecule has 0 bridgehead atoms. The lowest BCUT2D eigenvalue weighted by molar-refractivity contribution is 0.306. The smallest absolute Gasteiger partial charge is 0.129 e. The van der Waals surface area contributed by atoms with Crippen molar-refractivity contribution in [1.82, 2.24) is 4.98 Å². The lowest BCUT2D eigenvalue weighted by Crippen LogP contribution is -1.97. The van der Waals surface area contributed by atoms with Gasteiger partial charge in [-0.1, -0.05) is 72.8 Å². The Morgan fingerprint density at radius 1 is 0.697 bits per heavy atom. The molecule has 0 aliphatic rings. The molecular formula is C29H22N2O2. The van der Waals surface area contributed by atoms with Gasteiger partial charge >= 0.3 is 0 Å². The molecule has 0 saturated carbocycles. The quantitative estimate of drug-likeness (QED) is 0.307. The summed E-state index contributed by atoms with van der Waals surface area (Å²) in [7, 11) is 0. The molecule has 1 N–H and O–H groups in total. The van der Waals surface area contributed by atoms with Gasteiger partial charge in [-0.3, -0.25) is 0 Å². The molecule has 0 amide bonds. The van der Waals surface area contributed by atoms with E-state index >= 15 is 0 Å². The Morgan fingerprint density at radius 3 is 2.03 bits per heavy atom. The summed E-state index contributed by atoms with van der Waals surface area (Å²) in [5, 5.41) is 10.8. The number of H-pyrrole nitrogens is 1. The number of para-hydroxylation sites is 1. The number of nitrogens with one attached hydrogen (secondary N) is 1. The highest BCUT2D eigenvalue weighted by Gasteiger charge is 2.17. The monoisotopic (exact) mass is 430 g/mol. The zero-order chi connectivity index (χ0) is 22.5. The molecule has 5 aromatic rings. The van der Waals surface area contributed by atoms with E-state index in [0.717, 1.165) is 44.8 Å². The molecule has 0 saturated heterocycles. The predicted octanol–water partition coefficient (Wildman–Crippen LogP) is 6.86. The number of benzene rings is 4. The molecule has 0 aliphatic heterocycles. The van der Waals surface area contributed by atoms with Crippen LogP contribution in [0.4, 0.5) is 0 Å². The molecule has 4 heteroatoms. The molecule has 5 rings (SSSR count).